The zero-order valence-corrected chi connectivity index (χ0v) is 7.05. The average molecular weight is 188 g/mol. The van der Waals surface area contributed by atoms with Crippen molar-refractivity contribution in [2.75, 3.05) is 6.54 Å². The number of rotatable bonds is 7. The molecular weight excluding hydrogens is 176 g/mol. The van der Waals surface area contributed by atoms with Crippen molar-refractivity contribution < 1.29 is 19.6 Å². The van der Waals surface area contributed by atoms with Gasteiger partial charge in [-0.1, -0.05) is 0 Å². The third kappa shape index (κ3) is 5.80. The minimum absolute atomic E-state index is 0.0656. The Hall–Kier alpha value is -1.43. The van der Waals surface area contributed by atoms with Gasteiger partial charge >= 0.3 is 0 Å². The quantitative estimate of drug-likeness (QED) is 0.301. The lowest BCUT2D eigenvalue weighted by atomic mass is 10.1. The molecule has 0 rings (SSSR count). The summed E-state index contributed by atoms with van der Waals surface area (Å²) in [5.74, 6) is -1.06. The van der Waals surface area contributed by atoms with Crippen LogP contribution in [0, 0.1) is 5.92 Å². The number of hydrogen-bond acceptors (Lipinski definition) is 4. The van der Waals surface area contributed by atoms with Gasteiger partial charge in [0.05, 0.1) is 6.54 Å². The van der Waals surface area contributed by atoms with Crippen LogP contribution in [0.2, 0.25) is 0 Å². The van der Waals surface area contributed by atoms with Crippen LogP contribution in [-0.4, -0.2) is 35.4 Å². The number of nitrogens with two attached hydrogens (primary N) is 1. The molecule has 0 aliphatic rings. The van der Waals surface area contributed by atoms with Crippen LogP contribution in [0.5, 0.6) is 0 Å². The molecule has 6 nitrogen and oxygen atoms in total. The van der Waals surface area contributed by atoms with E-state index in [0.717, 1.165) is 0 Å². The van der Waals surface area contributed by atoms with Gasteiger partial charge in [-0.05, 0) is 6.42 Å². The smallest absolute Gasteiger partial charge is 0.233 e. The number of hydrogen-bond donors (Lipinski definition) is 2. The van der Waals surface area contributed by atoms with E-state index in [9.17, 15) is 14.4 Å². The number of hydroxylamine groups is 2. The van der Waals surface area contributed by atoms with E-state index in [1.54, 1.807) is 0 Å². The number of nitrogens with zero attached hydrogens (tertiary/aromatic N) is 1. The molecule has 2 amide bonds. The largest absolute Gasteiger partial charge is 0.370 e. The zero-order chi connectivity index (χ0) is 10.3. The molecule has 0 aliphatic carbocycles. The number of carbonyl (C=O) groups is 3. The standard InChI is InChI=1S/C7H12N2O4/c8-7(12)2-1-6(4-10)3-9(13)5-11/h4-6,13H,1-3H2,(H2,8,12). The molecule has 0 spiro atoms. The van der Waals surface area contributed by atoms with Crippen molar-refractivity contribution >= 4 is 18.6 Å². The SMILES string of the molecule is NC(=O)CCC(C=O)CN(O)C=O. The van der Waals surface area contributed by atoms with Gasteiger partial charge in [-0.3, -0.25) is 14.8 Å². The monoisotopic (exact) mass is 188 g/mol. The molecule has 0 radical (unpaired) electrons. The third-order valence-corrected chi connectivity index (χ3v) is 1.50. The highest BCUT2D eigenvalue weighted by Gasteiger charge is 2.11. The van der Waals surface area contributed by atoms with Crippen molar-refractivity contribution in [1.29, 1.82) is 0 Å². The van der Waals surface area contributed by atoms with E-state index < -0.39 is 11.8 Å². The highest BCUT2D eigenvalue weighted by Crippen LogP contribution is 2.03. The maximum absolute atomic E-state index is 10.4. The predicted octanol–water partition coefficient (Wildman–Crippen LogP) is -1.09. The van der Waals surface area contributed by atoms with E-state index in [1.807, 2.05) is 0 Å². The Kier molecular flexibility index (Phi) is 5.45. The third-order valence-electron chi connectivity index (χ3n) is 1.50. The Labute approximate surface area is 75.3 Å². The lowest BCUT2D eigenvalue weighted by Crippen LogP contribution is -2.26. The van der Waals surface area contributed by atoms with Crippen molar-refractivity contribution in [3.05, 3.63) is 0 Å². The van der Waals surface area contributed by atoms with E-state index >= 15 is 0 Å². The van der Waals surface area contributed by atoms with Crippen molar-refractivity contribution in [3.63, 3.8) is 0 Å². The summed E-state index contributed by atoms with van der Waals surface area (Å²) in [6, 6.07) is 0. The van der Waals surface area contributed by atoms with E-state index in [1.165, 1.54) is 0 Å². The molecule has 1 unspecified atom stereocenters. The summed E-state index contributed by atoms with van der Waals surface area (Å²) in [6.07, 6.45) is 1.08. The first-order valence-electron chi connectivity index (χ1n) is 3.74. The molecule has 0 aromatic carbocycles. The van der Waals surface area contributed by atoms with Crippen LogP contribution >= 0.6 is 0 Å². The molecule has 3 N–H and O–H groups in total. The Morgan fingerprint density at radius 3 is 2.54 bits per heavy atom. The van der Waals surface area contributed by atoms with E-state index in [2.05, 4.69) is 0 Å². The van der Waals surface area contributed by atoms with Crippen LogP contribution in [-0.2, 0) is 14.4 Å². The molecule has 13 heavy (non-hydrogen) atoms. The Bertz CT molecular complexity index is 195. The molecular formula is C7H12N2O4. The summed E-state index contributed by atoms with van der Waals surface area (Å²) < 4.78 is 0. The van der Waals surface area contributed by atoms with Crippen LogP contribution in [0.4, 0.5) is 0 Å². The normalized spacial score (nSPS) is 11.8. The van der Waals surface area contributed by atoms with Gasteiger partial charge in [0.15, 0.2) is 0 Å². The maximum atomic E-state index is 10.4. The first-order chi connectivity index (χ1) is 6.10. The molecule has 0 heterocycles. The van der Waals surface area contributed by atoms with Crippen molar-refractivity contribution in [3.8, 4) is 0 Å². The topological polar surface area (TPSA) is 101 Å². The van der Waals surface area contributed by atoms with Gasteiger partial charge in [-0.2, -0.15) is 0 Å². The number of primary amides is 1. The lowest BCUT2D eigenvalue weighted by molar-refractivity contribution is -0.153. The molecule has 0 aromatic heterocycles. The van der Waals surface area contributed by atoms with Gasteiger partial charge in [0.25, 0.3) is 0 Å². The van der Waals surface area contributed by atoms with Gasteiger partial charge in [-0.15, -0.1) is 0 Å². The summed E-state index contributed by atoms with van der Waals surface area (Å²) >= 11 is 0. The zero-order valence-electron chi connectivity index (χ0n) is 7.05. The van der Waals surface area contributed by atoms with E-state index in [0.29, 0.717) is 11.3 Å². The maximum Gasteiger partial charge on any atom is 0.233 e. The molecule has 0 aromatic rings. The van der Waals surface area contributed by atoms with Gasteiger partial charge in [0.1, 0.15) is 6.29 Å². The Morgan fingerprint density at radius 1 is 1.54 bits per heavy atom. The van der Waals surface area contributed by atoms with E-state index in [-0.39, 0.29) is 25.8 Å². The van der Waals surface area contributed by atoms with Gasteiger partial charge in [0.2, 0.25) is 12.3 Å². The van der Waals surface area contributed by atoms with Crippen LogP contribution in [0.3, 0.4) is 0 Å². The van der Waals surface area contributed by atoms with Crippen molar-refractivity contribution in [1.82, 2.24) is 5.06 Å². The number of aldehydes is 1. The summed E-state index contributed by atoms with van der Waals surface area (Å²) in [7, 11) is 0. The van der Waals surface area contributed by atoms with Gasteiger partial charge in [0, 0.05) is 12.3 Å². The summed E-state index contributed by atoms with van der Waals surface area (Å²) in [5, 5.41) is 9.08. The number of amides is 2. The highest BCUT2D eigenvalue weighted by atomic mass is 16.5. The molecule has 0 aliphatic heterocycles. The van der Waals surface area contributed by atoms with Crippen LogP contribution in [0.25, 0.3) is 0 Å². The number of carbonyl (C=O) groups excluding carboxylic acids is 3. The molecule has 0 bridgehead atoms. The summed E-state index contributed by atoms with van der Waals surface area (Å²) in [4.78, 5) is 30.7. The van der Waals surface area contributed by atoms with Crippen LogP contribution < -0.4 is 5.73 Å². The molecule has 0 saturated heterocycles. The highest BCUT2D eigenvalue weighted by molar-refractivity contribution is 5.74. The predicted molar refractivity (Wildman–Crippen MR) is 42.5 cm³/mol. The molecule has 0 saturated carbocycles. The molecule has 74 valence electrons. The fourth-order valence-corrected chi connectivity index (χ4v) is 0.813. The first-order valence-corrected chi connectivity index (χ1v) is 3.74. The van der Waals surface area contributed by atoms with Gasteiger partial charge < -0.3 is 10.5 Å². The minimum atomic E-state index is -0.553. The van der Waals surface area contributed by atoms with Crippen LogP contribution in [0.15, 0.2) is 0 Å². The fourth-order valence-electron chi connectivity index (χ4n) is 0.813. The Morgan fingerprint density at radius 2 is 2.15 bits per heavy atom. The average Bonchev–Trinajstić information content (AvgIpc) is 2.11. The lowest BCUT2D eigenvalue weighted by Gasteiger charge is -2.13. The van der Waals surface area contributed by atoms with E-state index in [4.69, 9.17) is 10.9 Å². The minimum Gasteiger partial charge on any atom is -0.370 e. The fraction of sp³-hybridized carbons (Fsp3) is 0.571. The van der Waals surface area contributed by atoms with Gasteiger partial charge in [-0.25, -0.2) is 5.06 Å². The van der Waals surface area contributed by atoms with Crippen molar-refractivity contribution in [2.24, 2.45) is 11.7 Å². The molecule has 1 atom stereocenters. The second kappa shape index (κ2) is 6.13. The second-order valence-corrected chi connectivity index (χ2v) is 2.63. The molecule has 0 fully saturated rings. The first kappa shape index (κ1) is 11.6. The van der Waals surface area contributed by atoms with Crippen molar-refractivity contribution in [2.45, 2.75) is 12.8 Å². The summed E-state index contributed by atoms with van der Waals surface area (Å²) in [6.45, 7) is -0.111. The summed E-state index contributed by atoms with van der Waals surface area (Å²) in [5.41, 5.74) is 4.86. The second-order valence-electron chi connectivity index (χ2n) is 2.63. The Balaban J connectivity index is 3.81. The molecule has 6 heteroatoms. The van der Waals surface area contributed by atoms with Crippen LogP contribution in [0.1, 0.15) is 12.8 Å².